The number of nitrogens with one attached hydrogen (secondary N) is 1. The second-order valence-electron chi connectivity index (χ2n) is 3.78. The van der Waals surface area contributed by atoms with Gasteiger partial charge >= 0.3 is 6.36 Å². The van der Waals surface area contributed by atoms with Gasteiger partial charge in [-0.2, -0.15) is 0 Å². The van der Waals surface area contributed by atoms with Gasteiger partial charge in [0.15, 0.2) is 0 Å². The molecule has 8 heteroatoms. The average molecular weight is 272 g/mol. The van der Waals surface area contributed by atoms with Crippen LogP contribution in [0.15, 0.2) is 30.5 Å². The van der Waals surface area contributed by atoms with Crippen molar-refractivity contribution in [3.63, 3.8) is 0 Å². The normalized spacial score (nSPS) is 11.4. The Bertz CT molecular complexity index is 553. The molecule has 1 N–H and O–H groups in total. The second-order valence-corrected chi connectivity index (χ2v) is 3.78. The molecule has 0 bridgehead atoms. The summed E-state index contributed by atoms with van der Waals surface area (Å²) in [6, 6.07) is 5.64. The third-order valence-corrected chi connectivity index (χ3v) is 2.35. The molecule has 0 fully saturated rings. The first-order valence-corrected chi connectivity index (χ1v) is 5.37. The smallest absolute Gasteiger partial charge is 0.406 e. The Kier molecular flexibility index (Phi) is 3.59. The molecule has 0 amide bonds. The van der Waals surface area contributed by atoms with Crippen LogP contribution in [0.4, 0.5) is 18.9 Å². The number of aryl methyl sites for hydroxylation is 1. The van der Waals surface area contributed by atoms with Crippen molar-refractivity contribution in [3.8, 4) is 5.75 Å². The van der Waals surface area contributed by atoms with Crippen LogP contribution in [0.2, 0.25) is 0 Å². The molecule has 1 aromatic carbocycles. The highest BCUT2D eigenvalue weighted by atomic mass is 19.4. The Hall–Kier alpha value is -2.25. The number of ether oxygens (including phenoxy) is 1. The molecular formula is C11H11F3N4O. The van der Waals surface area contributed by atoms with Gasteiger partial charge in [-0.05, 0) is 12.1 Å². The second kappa shape index (κ2) is 5.17. The fourth-order valence-electron chi connectivity index (χ4n) is 1.47. The topological polar surface area (TPSA) is 52.0 Å². The molecule has 0 radical (unpaired) electrons. The average Bonchev–Trinajstić information content (AvgIpc) is 2.70. The van der Waals surface area contributed by atoms with Gasteiger partial charge in [0.1, 0.15) is 5.75 Å². The summed E-state index contributed by atoms with van der Waals surface area (Å²) < 4.78 is 41.6. The van der Waals surface area contributed by atoms with Gasteiger partial charge in [0.2, 0.25) is 0 Å². The Morgan fingerprint density at radius 1 is 1.37 bits per heavy atom. The molecular weight excluding hydrogens is 261 g/mol. The fourth-order valence-corrected chi connectivity index (χ4v) is 1.47. The van der Waals surface area contributed by atoms with Crippen molar-refractivity contribution in [2.45, 2.75) is 12.9 Å². The predicted molar refractivity (Wildman–Crippen MR) is 61.5 cm³/mol. The van der Waals surface area contributed by atoms with Crippen molar-refractivity contribution in [2.75, 3.05) is 5.32 Å². The Morgan fingerprint density at radius 3 is 2.79 bits per heavy atom. The quantitative estimate of drug-likeness (QED) is 0.928. The monoisotopic (exact) mass is 272 g/mol. The lowest BCUT2D eigenvalue weighted by Crippen LogP contribution is -2.17. The van der Waals surface area contributed by atoms with Crippen LogP contribution in [0.25, 0.3) is 0 Å². The Balaban J connectivity index is 2.01. The number of anilines is 1. The zero-order chi connectivity index (χ0) is 13.9. The maximum absolute atomic E-state index is 12.1. The largest absolute Gasteiger partial charge is 0.573 e. The van der Waals surface area contributed by atoms with E-state index >= 15 is 0 Å². The third-order valence-electron chi connectivity index (χ3n) is 2.35. The van der Waals surface area contributed by atoms with Crippen molar-refractivity contribution >= 4 is 5.69 Å². The lowest BCUT2D eigenvalue weighted by molar-refractivity contribution is -0.274. The number of halogens is 3. The fraction of sp³-hybridized carbons (Fsp3) is 0.273. The van der Waals surface area contributed by atoms with Gasteiger partial charge in [0.05, 0.1) is 18.4 Å². The van der Waals surface area contributed by atoms with Crippen molar-refractivity contribution in [1.82, 2.24) is 15.0 Å². The number of hydrogen-bond acceptors (Lipinski definition) is 4. The van der Waals surface area contributed by atoms with E-state index in [9.17, 15) is 13.2 Å². The molecule has 102 valence electrons. The molecule has 0 aliphatic heterocycles. The van der Waals surface area contributed by atoms with E-state index in [2.05, 4.69) is 20.4 Å². The third kappa shape index (κ3) is 3.87. The molecule has 0 aliphatic carbocycles. The zero-order valence-electron chi connectivity index (χ0n) is 9.98. The first kappa shape index (κ1) is 13.2. The van der Waals surface area contributed by atoms with Crippen LogP contribution in [-0.2, 0) is 13.6 Å². The highest BCUT2D eigenvalue weighted by Crippen LogP contribution is 2.25. The van der Waals surface area contributed by atoms with Crippen LogP contribution in [0.5, 0.6) is 5.75 Å². The zero-order valence-corrected chi connectivity index (χ0v) is 9.98. The Morgan fingerprint density at radius 2 is 2.16 bits per heavy atom. The molecule has 0 saturated carbocycles. The molecule has 5 nitrogen and oxygen atoms in total. The van der Waals surface area contributed by atoms with E-state index in [-0.39, 0.29) is 5.75 Å². The van der Waals surface area contributed by atoms with E-state index in [1.807, 2.05) is 0 Å². The maximum Gasteiger partial charge on any atom is 0.573 e. The number of alkyl halides is 3. The first-order chi connectivity index (χ1) is 8.94. The van der Waals surface area contributed by atoms with E-state index in [0.717, 1.165) is 5.69 Å². The number of nitrogens with zero attached hydrogens (tertiary/aromatic N) is 3. The molecule has 2 rings (SSSR count). The van der Waals surface area contributed by atoms with E-state index in [4.69, 9.17) is 0 Å². The van der Waals surface area contributed by atoms with Crippen molar-refractivity contribution in [1.29, 1.82) is 0 Å². The minimum atomic E-state index is -4.69. The van der Waals surface area contributed by atoms with Crippen molar-refractivity contribution < 1.29 is 17.9 Å². The van der Waals surface area contributed by atoms with Crippen LogP contribution >= 0.6 is 0 Å². The van der Waals surface area contributed by atoms with E-state index in [0.29, 0.717) is 12.2 Å². The summed E-state index contributed by atoms with van der Waals surface area (Å²) >= 11 is 0. The van der Waals surface area contributed by atoms with E-state index < -0.39 is 6.36 Å². The molecule has 0 saturated heterocycles. The summed E-state index contributed by atoms with van der Waals surface area (Å²) in [7, 11) is 1.73. The van der Waals surface area contributed by atoms with Crippen LogP contribution in [-0.4, -0.2) is 21.4 Å². The number of rotatable bonds is 4. The molecule has 2 aromatic rings. The number of aromatic nitrogens is 3. The summed E-state index contributed by atoms with van der Waals surface area (Å²) in [5, 5.41) is 10.4. The standard InChI is InChI=1S/C11H11F3N4O/c1-18-9(7-16-17-18)6-15-8-3-2-4-10(5-8)19-11(12,13)14/h2-5,7,15H,6H2,1H3. The van der Waals surface area contributed by atoms with Gasteiger partial charge in [-0.3, -0.25) is 4.68 Å². The first-order valence-electron chi connectivity index (χ1n) is 5.37. The van der Waals surface area contributed by atoms with Gasteiger partial charge in [-0.15, -0.1) is 18.3 Å². The molecule has 0 aliphatic rings. The molecule has 19 heavy (non-hydrogen) atoms. The predicted octanol–water partition coefficient (Wildman–Crippen LogP) is 2.33. The minimum absolute atomic E-state index is 0.263. The molecule has 0 spiro atoms. The van der Waals surface area contributed by atoms with Crippen LogP contribution < -0.4 is 10.1 Å². The SMILES string of the molecule is Cn1nncc1CNc1cccc(OC(F)(F)F)c1. The van der Waals surface area contributed by atoms with Gasteiger partial charge in [0.25, 0.3) is 0 Å². The van der Waals surface area contributed by atoms with Crippen molar-refractivity contribution in [3.05, 3.63) is 36.2 Å². The summed E-state index contributed by atoms with van der Waals surface area (Å²) in [5.41, 5.74) is 1.32. The molecule has 1 aromatic heterocycles. The minimum Gasteiger partial charge on any atom is -0.406 e. The molecule has 1 heterocycles. The maximum atomic E-state index is 12.1. The number of hydrogen-bond donors (Lipinski definition) is 1. The summed E-state index contributed by atoms with van der Waals surface area (Å²) in [4.78, 5) is 0. The molecule has 0 unspecified atom stereocenters. The summed E-state index contributed by atoms with van der Waals surface area (Å²) in [6.45, 7) is 0.402. The van der Waals surface area contributed by atoms with Gasteiger partial charge < -0.3 is 10.1 Å². The highest BCUT2D eigenvalue weighted by molar-refractivity contribution is 5.48. The van der Waals surface area contributed by atoms with Crippen LogP contribution in [0, 0.1) is 0 Å². The van der Waals surface area contributed by atoms with E-state index in [1.54, 1.807) is 24.0 Å². The van der Waals surface area contributed by atoms with Crippen LogP contribution in [0.1, 0.15) is 5.69 Å². The van der Waals surface area contributed by atoms with Gasteiger partial charge in [-0.25, -0.2) is 0 Å². The number of benzene rings is 1. The Labute approximate surface area is 107 Å². The summed E-state index contributed by atoms with van der Waals surface area (Å²) in [6.07, 6.45) is -3.12. The highest BCUT2D eigenvalue weighted by Gasteiger charge is 2.31. The van der Waals surface area contributed by atoms with Crippen molar-refractivity contribution in [2.24, 2.45) is 7.05 Å². The lowest BCUT2D eigenvalue weighted by Gasteiger charge is -2.11. The van der Waals surface area contributed by atoms with Gasteiger partial charge in [0, 0.05) is 18.8 Å². The van der Waals surface area contributed by atoms with E-state index in [1.165, 1.54) is 18.2 Å². The van der Waals surface area contributed by atoms with Gasteiger partial charge in [-0.1, -0.05) is 11.3 Å². The lowest BCUT2D eigenvalue weighted by atomic mass is 10.3. The molecule has 0 atom stereocenters. The summed E-state index contributed by atoms with van der Waals surface area (Å²) in [5.74, 6) is -0.263. The van der Waals surface area contributed by atoms with Crippen LogP contribution in [0.3, 0.4) is 0 Å².